The van der Waals surface area contributed by atoms with Crippen molar-refractivity contribution >= 4 is 17.4 Å². The average Bonchev–Trinajstić information content (AvgIpc) is 3.08. The van der Waals surface area contributed by atoms with Crippen molar-refractivity contribution in [3.8, 4) is 5.75 Å². The van der Waals surface area contributed by atoms with Crippen molar-refractivity contribution in [2.24, 2.45) is 5.92 Å². The van der Waals surface area contributed by atoms with Crippen molar-refractivity contribution in [2.45, 2.75) is 38.5 Å². The number of carbonyl (C=O) groups excluding carboxylic acids is 1. The number of nitrogens with one attached hydrogen (secondary N) is 2. The molecule has 8 nitrogen and oxygen atoms in total. The zero-order valence-electron chi connectivity index (χ0n) is 14.4. The highest BCUT2D eigenvalue weighted by atomic mass is 16.6. The lowest BCUT2D eigenvalue weighted by Crippen LogP contribution is -2.20. The SMILES string of the molecule is O=C(COc1cccc([N+](=O)[O-])c1)Nc1cc(CC2CCCCC2)[nH]n1. The van der Waals surface area contributed by atoms with Gasteiger partial charge in [-0.15, -0.1) is 0 Å². The van der Waals surface area contributed by atoms with E-state index < -0.39 is 4.92 Å². The molecule has 1 saturated carbocycles. The largest absolute Gasteiger partial charge is 0.484 e. The molecule has 0 saturated heterocycles. The van der Waals surface area contributed by atoms with E-state index >= 15 is 0 Å². The molecule has 2 N–H and O–H groups in total. The summed E-state index contributed by atoms with van der Waals surface area (Å²) < 4.78 is 5.30. The number of hydrogen-bond acceptors (Lipinski definition) is 5. The van der Waals surface area contributed by atoms with Crippen LogP contribution in [0.2, 0.25) is 0 Å². The van der Waals surface area contributed by atoms with Gasteiger partial charge >= 0.3 is 0 Å². The Morgan fingerprint density at radius 2 is 2.12 bits per heavy atom. The van der Waals surface area contributed by atoms with E-state index in [-0.39, 0.29) is 24.0 Å². The molecule has 8 heteroatoms. The second kappa shape index (κ2) is 8.46. The van der Waals surface area contributed by atoms with Crippen molar-refractivity contribution in [1.29, 1.82) is 0 Å². The number of nitrogens with zero attached hydrogens (tertiary/aromatic N) is 2. The van der Waals surface area contributed by atoms with Gasteiger partial charge in [-0.3, -0.25) is 20.0 Å². The number of amides is 1. The smallest absolute Gasteiger partial charge is 0.273 e. The number of benzene rings is 1. The summed E-state index contributed by atoms with van der Waals surface area (Å²) in [6.07, 6.45) is 7.35. The average molecular weight is 358 g/mol. The van der Waals surface area contributed by atoms with Crippen LogP contribution in [-0.2, 0) is 11.2 Å². The number of H-pyrrole nitrogens is 1. The van der Waals surface area contributed by atoms with Gasteiger partial charge in [-0.2, -0.15) is 5.10 Å². The third-order valence-corrected chi connectivity index (χ3v) is 4.53. The number of ether oxygens (including phenoxy) is 1. The standard InChI is InChI=1S/C18H22N4O4/c23-18(12-26-16-8-4-7-15(11-16)22(24)25)19-17-10-14(20-21-17)9-13-5-2-1-3-6-13/h4,7-8,10-11,13H,1-3,5-6,9,12H2,(H2,19,20,21,23). The number of anilines is 1. The van der Waals surface area contributed by atoms with E-state index in [0.29, 0.717) is 11.7 Å². The molecule has 3 rings (SSSR count). The van der Waals surface area contributed by atoms with Crippen LogP contribution in [-0.4, -0.2) is 27.6 Å². The number of aromatic nitrogens is 2. The normalized spacial score (nSPS) is 14.8. The number of nitro benzene ring substituents is 1. The molecule has 0 radical (unpaired) electrons. The number of carbonyl (C=O) groups is 1. The van der Waals surface area contributed by atoms with Crippen LogP contribution >= 0.6 is 0 Å². The second-order valence-corrected chi connectivity index (χ2v) is 6.58. The van der Waals surface area contributed by atoms with E-state index in [9.17, 15) is 14.9 Å². The number of aromatic amines is 1. The summed E-state index contributed by atoms with van der Waals surface area (Å²) in [5, 5.41) is 20.5. The Hall–Kier alpha value is -2.90. The molecule has 138 valence electrons. The molecule has 1 aliphatic carbocycles. The Balaban J connectivity index is 1.47. The Kier molecular flexibility index (Phi) is 5.83. The van der Waals surface area contributed by atoms with Gasteiger partial charge in [-0.25, -0.2) is 0 Å². The maximum Gasteiger partial charge on any atom is 0.273 e. The summed E-state index contributed by atoms with van der Waals surface area (Å²) in [5.41, 5.74) is 0.939. The molecule has 1 aromatic heterocycles. The zero-order chi connectivity index (χ0) is 18.4. The van der Waals surface area contributed by atoms with Crippen LogP contribution in [0, 0.1) is 16.0 Å². The fourth-order valence-electron chi connectivity index (χ4n) is 3.25. The van der Waals surface area contributed by atoms with Gasteiger partial charge in [-0.05, 0) is 18.4 Å². The highest BCUT2D eigenvalue weighted by molar-refractivity contribution is 5.90. The first-order chi connectivity index (χ1) is 12.6. The van der Waals surface area contributed by atoms with Crippen LogP contribution in [0.4, 0.5) is 11.5 Å². The lowest BCUT2D eigenvalue weighted by molar-refractivity contribution is -0.384. The fraction of sp³-hybridized carbons (Fsp3) is 0.444. The van der Waals surface area contributed by atoms with Crippen LogP contribution in [0.1, 0.15) is 37.8 Å². The minimum atomic E-state index is -0.509. The molecule has 2 aromatic rings. The number of nitro groups is 1. The zero-order valence-corrected chi connectivity index (χ0v) is 14.4. The van der Waals surface area contributed by atoms with E-state index in [1.807, 2.05) is 6.07 Å². The van der Waals surface area contributed by atoms with Gasteiger partial charge in [0.15, 0.2) is 12.4 Å². The minimum absolute atomic E-state index is 0.0810. The maximum atomic E-state index is 12.0. The molecule has 0 unspecified atom stereocenters. The third-order valence-electron chi connectivity index (χ3n) is 4.53. The molecular weight excluding hydrogens is 336 g/mol. The molecule has 1 aliphatic rings. The Labute approximate surface area is 151 Å². The Morgan fingerprint density at radius 3 is 2.88 bits per heavy atom. The Bertz CT molecular complexity index is 768. The summed E-state index contributed by atoms with van der Waals surface area (Å²) in [4.78, 5) is 22.2. The molecule has 0 atom stereocenters. The molecule has 0 bridgehead atoms. The Morgan fingerprint density at radius 1 is 1.31 bits per heavy atom. The summed E-state index contributed by atoms with van der Waals surface area (Å²) in [7, 11) is 0. The van der Waals surface area contributed by atoms with Crippen molar-refractivity contribution in [2.75, 3.05) is 11.9 Å². The molecule has 1 aromatic carbocycles. The predicted molar refractivity (Wildman–Crippen MR) is 96.1 cm³/mol. The number of non-ortho nitro benzene ring substituents is 1. The lowest BCUT2D eigenvalue weighted by atomic mass is 9.86. The van der Waals surface area contributed by atoms with E-state index in [2.05, 4.69) is 15.5 Å². The maximum absolute atomic E-state index is 12.0. The highest BCUT2D eigenvalue weighted by Gasteiger charge is 2.16. The number of hydrogen-bond donors (Lipinski definition) is 2. The molecule has 1 heterocycles. The summed E-state index contributed by atoms with van der Waals surface area (Å²) in [6, 6.07) is 7.57. The molecule has 1 amide bonds. The molecule has 0 aliphatic heterocycles. The fourth-order valence-corrected chi connectivity index (χ4v) is 3.25. The van der Waals surface area contributed by atoms with Crippen LogP contribution in [0.5, 0.6) is 5.75 Å². The first kappa shape index (κ1) is 17.9. The first-order valence-electron chi connectivity index (χ1n) is 8.81. The number of rotatable bonds is 7. The summed E-state index contributed by atoms with van der Waals surface area (Å²) in [5.74, 6) is 1.05. The van der Waals surface area contributed by atoms with E-state index in [0.717, 1.165) is 12.1 Å². The van der Waals surface area contributed by atoms with Crippen LogP contribution in [0.3, 0.4) is 0 Å². The third kappa shape index (κ3) is 5.05. The van der Waals surface area contributed by atoms with Crippen LogP contribution in [0.15, 0.2) is 30.3 Å². The van der Waals surface area contributed by atoms with Gasteiger partial charge in [0.25, 0.3) is 11.6 Å². The van der Waals surface area contributed by atoms with E-state index in [1.165, 1.54) is 50.3 Å². The monoisotopic (exact) mass is 358 g/mol. The molecular formula is C18H22N4O4. The van der Waals surface area contributed by atoms with E-state index in [1.54, 1.807) is 6.07 Å². The van der Waals surface area contributed by atoms with Gasteiger partial charge < -0.3 is 10.1 Å². The van der Waals surface area contributed by atoms with Gasteiger partial charge in [-0.1, -0.05) is 38.2 Å². The van der Waals surface area contributed by atoms with E-state index in [4.69, 9.17) is 4.74 Å². The highest BCUT2D eigenvalue weighted by Crippen LogP contribution is 2.26. The van der Waals surface area contributed by atoms with Crippen molar-refractivity contribution in [3.63, 3.8) is 0 Å². The van der Waals surface area contributed by atoms with Crippen molar-refractivity contribution in [3.05, 3.63) is 46.1 Å². The van der Waals surface area contributed by atoms with Gasteiger partial charge in [0.1, 0.15) is 5.75 Å². The lowest BCUT2D eigenvalue weighted by Gasteiger charge is -2.20. The molecule has 0 spiro atoms. The van der Waals surface area contributed by atoms with Gasteiger partial charge in [0, 0.05) is 17.8 Å². The minimum Gasteiger partial charge on any atom is -0.484 e. The first-order valence-corrected chi connectivity index (χ1v) is 8.81. The predicted octanol–water partition coefficient (Wildman–Crippen LogP) is 3.46. The summed E-state index contributed by atoms with van der Waals surface area (Å²) >= 11 is 0. The van der Waals surface area contributed by atoms with Crippen LogP contribution in [0.25, 0.3) is 0 Å². The van der Waals surface area contributed by atoms with Crippen molar-refractivity contribution < 1.29 is 14.5 Å². The molecule has 1 fully saturated rings. The van der Waals surface area contributed by atoms with Gasteiger partial charge in [0.2, 0.25) is 0 Å². The summed E-state index contributed by atoms with van der Waals surface area (Å²) in [6.45, 7) is -0.244. The van der Waals surface area contributed by atoms with Crippen molar-refractivity contribution in [1.82, 2.24) is 10.2 Å². The quantitative estimate of drug-likeness (QED) is 0.582. The van der Waals surface area contributed by atoms with Gasteiger partial charge in [0.05, 0.1) is 11.0 Å². The topological polar surface area (TPSA) is 110 Å². The second-order valence-electron chi connectivity index (χ2n) is 6.58. The van der Waals surface area contributed by atoms with Crippen LogP contribution < -0.4 is 10.1 Å². The molecule has 26 heavy (non-hydrogen) atoms.